The second-order valence-corrected chi connectivity index (χ2v) is 5.03. The van der Waals surface area contributed by atoms with Crippen molar-refractivity contribution in [3.05, 3.63) is 60.2 Å². The van der Waals surface area contributed by atoms with Gasteiger partial charge >= 0.3 is 0 Å². The summed E-state index contributed by atoms with van der Waals surface area (Å²) in [6.07, 6.45) is 5.51. The van der Waals surface area contributed by atoms with Gasteiger partial charge in [-0.1, -0.05) is 35.8 Å². The molecule has 0 N–H and O–H groups in total. The number of fused-ring (bicyclic) bond motifs is 2. The van der Waals surface area contributed by atoms with Crippen LogP contribution >= 0.6 is 0 Å². The molecular weight excluding hydrogens is 428 g/mol. The van der Waals surface area contributed by atoms with Gasteiger partial charge in [-0.3, -0.25) is 11.6 Å². The smallest absolute Gasteiger partial charge is 0.115 e. The Kier molecular flexibility index (Phi) is 8.15. The van der Waals surface area contributed by atoms with E-state index in [1.807, 2.05) is 31.2 Å². The summed E-state index contributed by atoms with van der Waals surface area (Å²) in [5.74, 6) is 0. The number of allylic oxidation sites excluding steroid dienone is 1. The van der Waals surface area contributed by atoms with E-state index in [1.54, 1.807) is 0 Å². The number of rotatable bonds is 2. The SMILES string of the molecule is [B]c1[c-]c(C=[CH-])c2cc3c([B])c(/C=C\C)ccc3cc2c1.[Y].[Y]. The first-order valence-corrected chi connectivity index (χ1v) is 6.79. The molecule has 0 atom stereocenters. The van der Waals surface area contributed by atoms with Gasteiger partial charge in [0.15, 0.2) is 0 Å². The molecule has 23 heavy (non-hydrogen) atoms. The van der Waals surface area contributed by atoms with E-state index in [9.17, 15) is 0 Å². The molecule has 3 aromatic rings. The molecule has 0 saturated carbocycles. The van der Waals surface area contributed by atoms with E-state index in [2.05, 4.69) is 24.3 Å². The Bertz CT molecular complexity index is 899. The Balaban J connectivity index is 0.00000132. The van der Waals surface area contributed by atoms with E-state index in [-0.39, 0.29) is 65.4 Å². The summed E-state index contributed by atoms with van der Waals surface area (Å²) in [5, 5.41) is 4.14. The zero-order valence-electron chi connectivity index (χ0n) is 13.0. The topological polar surface area (TPSA) is 0 Å². The predicted molar refractivity (Wildman–Crippen MR) is 94.5 cm³/mol. The Morgan fingerprint density at radius 1 is 1.00 bits per heavy atom. The summed E-state index contributed by atoms with van der Waals surface area (Å²) in [6, 6.07) is 13.2. The van der Waals surface area contributed by atoms with Crippen LogP contribution in [0.1, 0.15) is 18.1 Å². The van der Waals surface area contributed by atoms with Gasteiger partial charge in [0.2, 0.25) is 0 Å². The first-order chi connectivity index (χ1) is 10.1. The molecule has 3 aromatic carbocycles. The average molecular weight is 440 g/mol. The molecule has 0 aromatic heterocycles. The third kappa shape index (κ3) is 4.16. The summed E-state index contributed by atoms with van der Waals surface area (Å²) < 4.78 is 0. The zero-order chi connectivity index (χ0) is 15.0. The van der Waals surface area contributed by atoms with Crippen LogP contribution in [0.2, 0.25) is 0 Å². The zero-order valence-corrected chi connectivity index (χ0v) is 18.7. The van der Waals surface area contributed by atoms with Crippen LogP contribution in [0.25, 0.3) is 33.7 Å². The summed E-state index contributed by atoms with van der Waals surface area (Å²) >= 11 is 0. The molecule has 0 aliphatic heterocycles. The third-order valence-corrected chi connectivity index (χ3v) is 3.66. The van der Waals surface area contributed by atoms with E-state index in [1.165, 1.54) is 6.08 Å². The fourth-order valence-corrected chi connectivity index (χ4v) is 2.67. The minimum atomic E-state index is 0. The van der Waals surface area contributed by atoms with Crippen LogP contribution in [0, 0.1) is 12.6 Å². The molecule has 0 fully saturated rings. The van der Waals surface area contributed by atoms with E-state index in [0.29, 0.717) is 5.46 Å². The van der Waals surface area contributed by atoms with Gasteiger partial charge in [-0.25, -0.2) is 0 Å². The summed E-state index contributed by atoms with van der Waals surface area (Å²) in [4.78, 5) is 0. The molecule has 0 nitrogen and oxygen atoms in total. The maximum atomic E-state index is 6.29. The first kappa shape index (κ1) is 21.0. The normalized spacial score (nSPS) is 10.5. The monoisotopic (exact) mass is 440 g/mol. The van der Waals surface area contributed by atoms with E-state index >= 15 is 0 Å². The molecule has 0 spiro atoms. The van der Waals surface area contributed by atoms with Crippen molar-refractivity contribution >= 4 is 60.3 Å². The predicted octanol–water partition coefficient (Wildman–Crippen LogP) is 2.86. The Hall–Kier alpha value is -0.00234. The van der Waals surface area contributed by atoms with Crippen LogP contribution in [-0.2, 0) is 65.4 Å². The van der Waals surface area contributed by atoms with Gasteiger partial charge < -0.3 is 12.7 Å². The number of hydrogen-bond acceptors (Lipinski definition) is 0. The molecule has 0 unspecified atom stereocenters. The Morgan fingerprint density at radius 3 is 2.39 bits per heavy atom. The van der Waals surface area contributed by atoms with Crippen molar-refractivity contribution in [2.75, 3.05) is 0 Å². The molecule has 0 heterocycles. The van der Waals surface area contributed by atoms with Crippen LogP contribution in [0.5, 0.6) is 0 Å². The van der Waals surface area contributed by atoms with Crippen molar-refractivity contribution in [3.63, 3.8) is 0 Å². The maximum absolute atomic E-state index is 6.29. The molecule has 102 valence electrons. The summed E-state index contributed by atoms with van der Waals surface area (Å²) in [6.45, 7) is 7.67. The minimum Gasteiger partial charge on any atom is -0.344 e. The molecule has 0 aliphatic carbocycles. The fraction of sp³-hybridized carbons (Fsp3) is 0.0526. The third-order valence-electron chi connectivity index (χ3n) is 3.66. The van der Waals surface area contributed by atoms with Crippen molar-refractivity contribution < 1.29 is 65.4 Å². The molecule has 0 bridgehead atoms. The van der Waals surface area contributed by atoms with Gasteiger partial charge in [0, 0.05) is 65.4 Å². The van der Waals surface area contributed by atoms with Gasteiger partial charge in [0.05, 0.1) is 7.85 Å². The molecule has 0 aliphatic rings. The second-order valence-electron chi connectivity index (χ2n) is 5.03. The summed E-state index contributed by atoms with van der Waals surface area (Å²) in [5.41, 5.74) is 3.16. The van der Waals surface area contributed by atoms with E-state index in [4.69, 9.17) is 22.3 Å². The van der Waals surface area contributed by atoms with Gasteiger partial charge in [-0.15, -0.1) is 17.5 Å². The van der Waals surface area contributed by atoms with Crippen LogP contribution in [0.15, 0.2) is 36.4 Å². The molecule has 0 amide bonds. The van der Waals surface area contributed by atoms with Gasteiger partial charge in [-0.05, 0) is 23.3 Å². The molecular formula is C19H12B2Y2-2. The van der Waals surface area contributed by atoms with Crippen LogP contribution in [0.3, 0.4) is 0 Å². The fourth-order valence-electron chi connectivity index (χ4n) is 2.67. The average Bonchev–Trinajstić information content (AvgIpc) is 2.48. The first-order valence-electron chi connectivity index (χ1n) is 6.79. The maximum Gasteiger partial charge on any atom is 0.115 e. The van der Waals surface area contributed by atoms with Crippen molar-refractivity contribution in [2.45, 2.75) is 6.92 Å². The van der Waals surface area contributed by atoms with Crippen LogP contribution < -0.4 is 10.9 Å². The van der Waals surface area contributed by atoms with Gasteiger partial charge in [0.1, 0.15) is 7.85 Å². The quantitative estimate of drug-likeness (QED) is 0.327. The Morgan fingerprint density at radius 2 is 1.74 bits per heavy atom. The minimum absolute atomic E-state index is 0. The van der Waals surface area contributed by atoms with Gasteiger partial charge in [-0.2, -0.15) is 10.8 Å². The van der Waals surface area contributed by atoms with Gasteiger partial charge in [0.25, 0.3) is 0 Å². The van der Waals surface area contributed by atoms with Crippen molar-refractivity contribution in [1.82, 2.24) is 0 Å². The standard InChI is InChI=1S/C19H12B2.2Y/c1-3-5-13-6-7-14-8-15-10-16(20)9-12(4-2)17(15)11-18(14)19(13)21;;/h2-8,10-11H,1H3;;/q-2;;/b5-3-;;. The van der Waals surface area contributed by atoms with Crippen molar-refractivity contribution in [3.8, 4) is 0 Å². The second kappa shape index (κ2) is 8.91. The number of benzene rings is 3. The molecule has 0 saturated heterocycles. The Labute approximate surface area is 190 Å². The van der Waals surface area contributed by atoms with Crippen molar-refractivity contribution in [2.24, 2.45) is 0 Å². The molecule has 3 rings (SSSR count). The van der Waals surface area contributed by atoms with Crippen molar-refractivity contribution in [1.29, 1.82) is 0 Å². The largest absolute Gasteiger partial charge is 0.344 e. The summed E-state index contributed by atoms with van der Waals surface area (Å²) in [7, 11) is 12.2. The van der Waals surface area contributed by atoms with Crippen LogP contribution in [-0.4, -0.2) is 15.7 Å². The van der Waals surface area contributed by atoms with E-state index in [0.717, 1.165) is 38.1 Å². The number of hydrogen-bond donors (Lipinski definition) is 0. The molecule has 6 radical (unpaired) electrons. The van der Waals surface area contributed by atoms with E-state index < -0.39 is 0 Å². The van der Waals surface area contributed by atoms with Crippen LogP contribution in [0.4, 0.5) is 0 Å². The molecule has 4 heteroatoms.